The number of hydrogen-bond donors (Lipinski definition) is 1. The third-order valence-corrected chi connectivity index (χ3v) is 2.89. The fourth-order valence-corrected chi connectivity index (χ4v) is 1.79. The van der Waals surface area contributed by atoms with E-state index < -0.39 is 0 Å². The molecule has 1 unspecified atom stereocenters. The zero-order valence-electron chi connectivity index (χ0n) is 11.1. The lowest BCUT2D eigenvalue weighted by Gasteiger charge is -2.23. The summed E-state index contributed by atoms with van der Waals surface area (Å²) in [7, 11) is 1.78. The first kappa shape index (κ1) is 14.7. The first-order valence-electron chi connectivity index (χ1n) is 6.28. The molecule has 2 N–H and O–H groups in total. The van der Waals surface area contributed by atoms with Gasteiger partial charge in [0, 0.05) is 26.7 Å². The van der Waals surface area contributed by atoms with Crippen LogP contribution in [0.15, 0.2) is 30.3 Å². The van der Waals surface area contributed by atoms with E-state index in [1.54, 1.807) is 11.9 Å². The van der Waals surface area contributed by atoms with E-state index in [2.05, 4.69) is 0 Å². The Morgan fingerprint density at radius 3 is 2.61 bits per heavy atom. The number of benzene rings is 1. The van der Waals surface area contributed by atoms with Gasteiger partial charge in [-0.3, -0.25) is 4.79 Å². The Labute approximate surface area is 109 Å². The molecule has 1 amide bonds. The predicted octanol–water partition coefficient (Wildman–Crippen LogP) is 1.22. The summed E-state index contributed by atoms with van der Waals surface area (Å²) in [5.41, 5.74) is 6.69. The Bertz CT molecular complexity index is 354. The molecule has 4 heteroatoms. The van der Waals surface area contributed by atoms with Crippen LogP contribution in [0.5, 0.6) is 0 Å². The minimum atomic E-state index is -0.266. The maximum absolute atomic E-state index is 12.3. The lowest BCUT2D eigenvalue weighted by atomic mass is 9.98. The van der Waals surface area contributed by atoms with Crippen molar-refractivity contribution >= 4 is 5.91 Å². The second-order valence-electron chi connectivity index (χ2n) is 4.16. The smallest absolute Gasteiger partial charge is 0.231 e. The lowest BCUT2D eigenvalue weighted by molar-refractivity contribution is -0.131. The van der Waals surface area contributed by atoms with Crippen LogP contribution in [-0.4, -0.2) is 44.2 Å². The zero-order chi connectivity index (χ0) is 13.4. The van der Waals surface area contributed by atoms with E-state index in [9.17, 15) is 4.79 Å². The largest absolute Gasteiger partial charge is 0.380 e. The molecular formula is C14H22N2O2. The van der Waals surface area contributed by atoms with E-state index in [0.29, 0.717) is 26.3 Å². The molecule has 0 saturated carbocycles. The van der Waals surface area contributed by atoms with Crippen LogP contribution in [0, 0.1) is 0 Å². The second-order valence-corrected chi connectivity index (χ2v) is 4.16. The van der Waals surface area contributed by atoms with Crippen LogP contribution in [-0.2, 0) is 9.53 Å². The number of carbonyl (C=O) groups excluding carboxylic acids is 1. The number of rotatable bonds is 7. The monoisotopic (exact) mass is 250 g/mol. The van der Waals surface area contributed by atoms with Gasteiger partial charge in [-0.1, -0.05) is 30.3 Å². The molecule has 0 spiro atoms. The van der Waals surface area contributed by atoms with Gasteiger partial charge in [0.1, 0.15) is 0 Å². The van der Waals surface area contributed by atoms with Crippen LogP contribution in [0.4, 0.5) is 0 Å². The minimum absolute atomic E-state index is 0.0448. The van der Waals surface area contributed by atoms with Crippen molar-refractivity contribution in [1.29, 1.82) is 0 Å². The molecule has 0 aliphatic rings. The van der Waals surface area contributed by atoms with Crippen molar-refractivity contribution in [2.45, 2.75) is 12.8 Å². The van der Waals surface area contributed by atoms with Crippen molar-refractivity contribution in [3.8, 4) is 0 Å². The van der Waals surface area contributed by atoms with Gasteiger partial charge in [-0.25, -0.2) is 0 Å². The Kier molecular flexibility index (Phi) is 6.39. The quantitative estimate of drug-likeness (QED) is 0.740. The highest BCUT2D eigenvalue weighted by Crippen LogP contribution is 2.16. The van der Waals surface area contributed by atoms with Crippen molar-refractivity contribution in [2.75, 3.05) is 33.4 Å². The first-order valence-corrected chi connectivity index (χ1v) is 6.28. The van der Waals surface area contributed by atoms with E-state index in [0.717, 1.165) is 5.56 Å². The maximum Gasteiger partial charge on any atom is 0.231 e. The highest BCUT2D eigenvalue weighted by atomic mass is 16.5. The van der Waals surface area contributed by atoms with Crippen LogP contribution < -0.4 is 5.73 Å². The summed E-state index contributed by atoms with van der Waals surface area (Å²) < 4.78 is 5.25. The van der Waals surface area contributed by atoms with Crippen molar-refractivity contribution in [1.82, 2.24) is 4.90 Å². The molecule has 1 aromatic rings. The van der Waals surface area contributed by atoms with Crippen molar-refractivity contribution in [2.24, 2.45) is 5.73 Å². The third kappa shape index (κ3) is 4.13. The highest BCUT2D eigenvalue weighted by Gasteiger charge is 2.21. The van der Waals surface area contributed by atoms with E-state index >= 15 is 0 Å². The maximum atomic E-state index is 12.3. The van der Waals surface area contributed by atoms with Gasteiger partial charge in [0.05, 0.1) is 12.5 Å². The summed E-state index contributed by atoms with van der Waals surface area (Å²) in [4.78, 5) is 13.9. The molecular weight excluding hydrogens is 228 g/mol. The van der Waals surface area contributed by atoms with Gasteiger partial charge in [-0.15, -0.1) is 0 Å². The summed E-state index contributed by atoms with van der Waals surface area (Å²) in [5.74, 6) is -0.221. The topological polar surface area (TPSA) is 55.6 Å². The Morgan fingerprint density at radius 1 is 1.39 bits per heavy atom. The third-order valence-electron chi connectivity index (χ3n) is 2.89. The fraction of sp³-hybridized carbons (Fsp3) is 0.500. The van der Waals surface area contributed by atoms with Crippen LogP contribution in [0.25, 0.3) is 0 Å². The molecule has 18 heavy (non-hydrogen) atoms. The van der Waals surface area contributed by atoms with Gasteiger partial charge < -0.3 is 15.4 Å². The molecule has 0 aromatic heterocycles. The molecule has 0 fully saturated rings. The molecule has 4 nitrogen and oxygen atoms in total. The molecule has 0 saturated heterocycles. The predicted molar refractivity (Wildman–Crippen MR) is 72.4 cm³/mol. The summed E-state index contributed by atoms with van der Waals surface area (Å²) in [6, 6.07) is 9.65. The van der Waals surface area contributed by atoms with Crippen LogP contribution in [0.3, 0.4) is 0 Å². The SMILES string of the molecule is CCOCCN(C)C(=O)C(CN)c1ccccc1. The molecule has 1 rings (SSSR count). The molecule has 0 aliphatic heterocycles. The van der Waals surface area contributed by atoms with E-state index in [1.807, 2.05) is 37.3 Å². The summed E-state index contributed by atoms with van der Waals surface area (Å²) in [6.07, 6.45) is 0. The molecule has 0 bridgehead atoms. The highest BCUT2D eigenvalue weighted by molar-refractivity contribution is 5.83. The number of likely N-dealkylation sites (N-methyl/N-ethyl adjacent to an activating group) is 1. The molecule has 0 radical (unpaired) electrons. The van der Waals surface area contributed by atoms with Crippen molar-refractivity contribution in [3.63, 3.8) is 0 Å². The molecule has 100 valence electrons. The Balaban J connectivity index is 2.62. The van der Waals surface area contributed by atoms with Crippen LogP contribution >= 0.6 is 0 Å². The average Bonchev–Trinajstić information content (AvgIpc) is 2.41. The number of hydrogen-bond acceptors (Lipinski definition) is 3. The summed E-state index contributed by atoms with van der Waals surface area (Å²) in [5, 5.41) is 0. The number of nitrogens with two attached hydrogens (primary N) is 1. The molecule has 1 atom stereocenters. The molecule has 0 heterocycles. The van der Waals surface area contributed by atoms with Crippen LogP contribution in [0.1, 0.15) is 18.4 Å². The van der Waals surface area contributed by atoms with Crippen molar-refractivity contribution in [3.05, 3.63) is 35.9 Å². The van der Waals surface area contributed by atoms with Gasteiger partial charge in [-0.2, -0.15) is 0 Å². The van der Waals surface area contributed by atoms with Crippen LogP contribution in [0.2, 0.25) is 0 Å². The Morgan fingerprint density at radius 2 is 2.06 bits per heavy atom. The normalized spacial score (nSPS) is 12.2. The van der Waals surface area contributed by atoms with Gasteiger partial charge >= 0.3 is 0 Å². The number of carbonyl (C=O) groups is 1. The number of amides is 1. The minimum Gasteiger partial charge on any atom is -0.380 e. The van der Waals surface area contributed by atoms with E-state index in [1.165, 1.54) is 0 Å². The van der Waals surface area contributed by atoms with Gasteiger partial charge in [0.25, 0.3) is 0 Å². The standard InChI is InChI=1S/C14H22N2O2/c1-3-18-10-9-16(2)14(17)13(11-15)12-7-5-4-6-8-12/h4-8,13H,3,9-11,15H2,1-2H3. The van der Waals surface area contributed by atoms with Crippen molar-refractivity contribution < 1.29 is 9.53 Å². The lowest BCUT2D eigenvalue weighted by Crippen LogP contribution is -2.37. The van der Waals surface area contributed by atoms with Gasteiger partial charge in [-0.05, 0) is 12.5 Å². The first-order chi connectivity index (χ1) is 8.70. The fourth-order valence-electron chi connectivity index (χ4n) is 1.79. The molecule has 1 aromatic carbocycles. The second kappa shape index (κ2) is 7.84. The summed E-state index contributed by atoms with van der Waals surface area (Å²) >= 11 is 0. The Hall–Kier alpha value is -1.39. The number of ether oxygens (including phenoxy) is 1. The molecule has 0 aliphatic carbocycles. The zero-order valence-corrected chi connectivity index (χ0v) is 11.1. The summed E-state index contributed by atoms with van der Waals surface area (Å²) in [6.45, 7) is 4.08. The average molecular weight is 250 g/mol. The van der Waals surface area contributed by atoms with Gasteiger partial charge in [0.15, 0.2) is 0 Å². The number of nitrogens with zero attached hydrogens (tertiary/aromatic N) is 1. The van der Waals surface area contributed by atoms with E-state index in [-0.39, 0.29) is 11.8 Å². The van der Waals surface area contributed by atoms with E-state index in [4.69, 9.17) is 10.5 Å². The van der Waals surface area contributed by atoms with Gasteiger partial charge in [0.2, 0.25) is 5.91 Å².